The van der Waals surface area contributed by atoms with Crippen LogP contribution in [-0.4, -0.2) is 12.9 Å². The van der Waals surface area contributed by atoms with Crippen molar-refractivity contribution in [1.82, 2.24) is 0 Å². The molecule has 2 aromatic rings. The third-order valence-electron chi connectivity index (χ3n) is 3.00. The minimum Gasteiger partial charge on any atom is -0.493 e. The largest absolute Gasteiger partial charge is 0.493 e. The van der Waals surface area contributed by atoms with Gasteiger partial charge in [-0.2, -0.15) is 5.26 Å². The van der Waals surface area contributed by atoms with Gasteiger partial charge in [0.2, 0.25) is 0 Å². The molecule has 0 aliphatic carbocycles. The van der Waals surface area contributed by atoms with Crippen LogP contribution in [0.2, 0.25) is 0 Å². The van der Waals surface area contributed by atoms with Gasteiger partial charge in [-0.25, -0.2) is 0 Å². The van der Waals surface area contributed by atoms with E-state index in [4.69, 9.17) is 14.7 Å². The smallest absolute Gasteiger partial charge is 0.169 e. The molecule has 0 unspecified atom stereocenters. The van der Waals surface area contributed by atoms with Crippen molar-refractivity contribution in [2.45, 2.75) is 13.3 Å². The normalized spacial score (nSPS) is 9.76. The van der Waals surface area contributed by atoms with Crippen LogP contribution in [0.3, 0.4) is 0 Å². The van der Waals surface area contributed by atoms with E-state index >= 15 is 0 Å². The van der Waals surface area contributed by atoms with Gasteiger partial charge in [0.25, 0.3) is 0 Å². The van der Waals surface area contributed by atoms with Gasteiger partial charge >= 0.3 is 0 Å². The van der Waals surface area contributed by atoms with E-state index in [1.807, 2.05) is 13.0 Å². The lowest BCUT2D eigenvalue weighted by Crippen LogP contribution is -1.97. The summed E-state index contributed by atoms with van der Waals surface area (Å²) in [6, 6.07) is 14.0. The second-order valence-corrected chi connectivity index (χ2v) is 4.38. The predicted octanol–water partition coefficient (Wildman–Crippen LogP) is 3.95. The number of hydrogen-bond donors (Lipinski definition) is 0. The van der Waals surface area contributed by atoms with Gasteiger partial charge in [-0.15, -0.1) is 0 Å². The van der Waals surface area contributed by atoms with Crippen molar-refractivity contribution in [2.24, 2.45) is 0 Å². The first-order chi connectivity index (χ1) is 10.2. The lowest BCUT2D eigenvalue weighted by Gasteiger charge is -2.11. The molecule has 0 saturated heterocycles. The van der Waals surface area contributed by atoms with Crippen LogP contribution in [0, 0.1) is 11.3 Å². The SMILES string of the molecule is CCC(=O)c1cccc(Oc2ccc(C#N)cc2OC)c1. The summed E-state index contributed by atoms with van der Waals surface area (Å²) < 4.78 is 11.0. The monoisotopic (exact) mass is 281 g/mol. The van der Waals surface area contributed by atoms with Gasteiger partial charge in [0.1, 0.15) is 5.75 Å². The highest BCUT2D eigenvalue weighted by Crippen LogP contribution is 2.32. The van der Waals surface area contributed by atoms with E-state index in [0.29, 0.717) is 34.8 Å². The summed E-state index contributed by atoms with van der Waals surface area (Å²) in [6.07, 6.45) is 0.448. The molecule has 0 aromatic heterocycles. The maximum absolute atomic E-state index is 11.7. The highest BCUT2D eigenvalue weighted by molar-refractivity contribution is 5.96. The number of nitriles is 1. The third kappa shape index (κ3) is 3.40. The third-order valence-corrected chi connectivity index (χ3v) is 3.00. The van der Waals surface area contributed by atoms with E-state index < -0.39 is 0 Å². The number of methoxy groups -OCH3 is 1. The fraction of sp³-hybridized carbons (Fsp3) is 0.176. The zero-order valence-corrected chi connectivity index (χ0v) is 11.9. The molecule has 4 heteroatoms. The van der Waals surface area contributed by atoms with Crippen molar-refractivity contribution < 1.29 is 14.3 Å². The summed E-state index contributed by atoms with van der Waals surface area (Å²) in [5, 5.41) is 8.88. The average Bonchev–Trinajstić information content (AvgIpc) is 2.54. The number of nitrogens with zero attached hydrogens (tertiary/aromatic N) is 1. The van der Waals surface area contributed by atoms with Crippen molar-refractivity contribution in [3.05, 3.63) is 53.6 Å². The molecule has 0 atom stereocenters. The molecule has 0 radical (unpaired) electrons. The molecule has 0 aliphatic rings. The minimum absolute atomic E-state index is 0.0623. The molecular formula is C17H15NO3. The van der Waals surface area contributed by atoms with Crippen LogP contribution >= 0.6 is 0 Å². The highest BCUT2D eigenvalue weighted by Gasteiger charge is 2.09. The molecule has 0 fully saturated rings. The molecule has 0 spiro atoms. The Balaban J connectivity index is 2.30. The van der Waals surface area contributed by atoms with E-state index in [9.17, 15) is 4.79 Å². The molecule has 4 nitrogen and oxygen atoms in total. The van der Waals surface area contributed by atoms with Crippen molar-refractivity contribution in [2.75, 3.05) is 7.11 Å². The van der Waals surface area contributed by atoms with Gasteiger partial charge in [-0.05, 0) is 24.3 Å². The number of rotatable bonds is 5. The van der Waals surface area contributed by atoms with Crippen LogP contribution in [0.5, 0.6) is 17.2 Å². The Labute approximate surface area is 123 Å². The molecular weight excluding hydrogens is 266 g/mol. The molecule has 0 aliphatic heterocycles. The van der Waals surface area contributed by atoms with Gasteiger partial charge < -0.3 is 9.47 Å². The van der Waals surface area contributed by atoms with Crippen molar-refractivity contribution in [3.63, 3.8) is 0 Å². The highest BCUT2D eigenvalue weighted by atomic mass is 16.5. The number of benzene rings is 2. The molecule has 0 bridgehead atoms. The Kier molecular flexibility index (Phi) is 4.57. The number of hydrogen-bond acceptors (Lipinski definition) is 4. The molecule has 0 saturated carbocycles. The summed E-state index contributed by atoms with van der Waals surface area (Å²) >= 11 is 0. The Morgan fingerprint density at radius 1 is 1.19 bits per heavy atom. The fourth-order valence-electron chi connectivity index (χ4n) is 1.89. The second-order valence-electron chi connectivity index (χ2n) is 4.38. The van der Waals surface area contributed by atoms with Gasteiger partial charge in [-0.1, -0.05) is 19.1 Å². The lowest BCUT2D eigenvalue weighted by molar-refractivity contribution is 0.0988. The summed E-state index contributed by atoms with van der Waals surface area (Å²) in [7, 11) is 1.51. The zero-order chi connectivity index (χ0) is 15.2. The van der Waals surface area contributed by atoms with Crippen LogP contribution in [0.25, 0.3) is 0 Å². The first-order valence-electron chi connectivity index (χ1n) is 6.57. The fourth-order valence-corrected chi connectivity index (χ4v) is 1.89. The minimum atomic E-state index is 0.0623. The van der Waals surface area contributed by atoms with Gasteiger partial charge in [0, 0.05) is 18.1 Å². The standard InChI is InChI=1S/C17H15NO3/c1-3-15(19)13-5-4-6-14(10-13)21-16-8-7-12(11-18)9-17(16)20-2/h4-10H,3H2,1-2H3. The van der Waals surface area contributed by atoms with Crippen molar-refractivity contribution >= 4 is 5.78 Å². The Morgan fingerprint density at radius 3 is 2.67 bits per heavy atom. The Bertz CT molecular complexity index is 701. The first kappa shape index (κ1) is 14.6. The predicted molar refractivity (Wildman–Crippen MR) is 78.8 cm³/mol. The number of ketones is 1. The van der Waals surface area contributed by atoms with E-state index in [2.05, 4.69) is 0 Å². The molecule has 106 valence electrons. The summed E-state index contributed by atoms with van der Waals surface area (Å²) in [6.45, 7) is 1.82. The Morgan fingerprint density at radius 2 is 2.00 bits per heavy atom. The maximum Gasteiger partial charge on any atom is 0.169 e. The molecule has 21 heavy (non-hydrogen) atoms. The molecule has 2 aromatic carbocycles. The number of carbonyl (C=O) groups is 1. The Hall–Kier alpha value is -2.80. The number of Topliss-reactive ketones (excluding diaryl/α,β-unsaturated/α-hetero) is 1. The molecule has 0 amide bonds. The first-order valence-corrected chi connectivity index (χ1v) is 6.57. The quantitative estimate of drug-likeness (QED) is 0.778. The summed E-state index contributed by atoms with van der Waals surface area (Å²) in [4.78, 5) is 11.7. The van der Waals surface area contributed by atoms with Crippen LogP contribution in [0.15, 0.2) is 42.5 Å². The van der Waals surface area contributed by atoms with E-state index in [1.165, 1.54) is 7.11 Å². The van der Waals surface area contributed by atoms with Crippen LogP contribution in [0.1, 0.15) is 29.3 Å². The average molecular weight is 281 g/mol. The lowest BCUT2D eigenvalue weighted by atomic mass is 10.1. The topological polar surface area (TPSA) is 59.3 Å². The summed E-state index contributed by atoms with van der Waals surface area (Å²) in [5.74, 6) is 1.59. The van der Waals surface area contributed by atoms with Crippen molar-refractivity contribution in [1.29, 1.82) is 5.26 Å². The maximum atomic E-state index is 11.7. The van der Waals surface area contributed by atoms with Crippen LogP contribution < -0.4 is 9.47 Å². The van der Waals surface area contributed by atoms with Crippen molar-refractivity contribution in [3.8, 4) is 23.3 Å². The summed E-state index contributed by atoms with van der Waals surface area (Å²) in [5.41, 5.74) is 1.11. The van der Waals surface area contributed by atoms with Crippen LogP contribution in [0.4, 0.5) is 0 Å². The van der Waals surface area contributed by atoms with Gasteiger partial charge in [0.15, 0.2) is 17.3 Å². The van der Waals surface area contributed by atoms with E-state index in [-0.39, 0.29) is 5.78 Å². The number of carbonyl (C=O) groups excluding carboxylic acids is 1. The second kappa shape index (κ2) is 6.58. The van der Waals surface area contributed by atoms with Crippen LogP contribution in [-0.2, 0) is 0 Å². The van der Waals surface area contributed by atoms with E-state index in [0.717, 1.165) is 0 Å². The number of ether oxygens (including phenoxy) is 2. The van der Waals surface area contributed by atoms with E-state index in [1.54, 1.807) is 42.5 Å². The molecule has 2 rings (SSSR count). The molecule has 0 N–H and O–H groups in total. The molecule has 0 heterocycles. The van der Waals surface area contributed by atoms with Gasteiger partial charge in [-0.3, -0.25) is 4.79 Å². The zero-order valence-electron chi connectivity index (χ0n) is 11.9. The van der Waals surface area contributed by atoms with Gasteiger partial charge in [0.05, 0.1) is 18.7 Å².